The second-order valence-corrected chi connectivity index (χ2v) is 9.79. The first-order valence-electron chi connectivity index (χ1n) is 12.6. The number of fused-ring (bicyclic) bond motifs is 1. The number of ether oxygens (including phenoxy) is 2. The summed E-state index contributed by atoms with van der Waals surface area (Å²) in [7, 11) is 0. The van der Waals surface area contributed by atoms with Crippen molar-refractivity contribution in [3.05, 3.63) is 58.7 Å². The third-order valence-electron chi connectivity index (χ3n) is 6.84. The molecular weight excluding hydrogens is 512 g/mol. The summed E-state index contributed by atoms with van der Waals surface area (Å²) in [5, 5.41) is 17.6. The van der Waals surface area contributed by atoms with Gasteiger partial charge in [0.05, 0.1) is 18.2 Å². The van der Waals surface area contributed by atoms with Crippen LogP contribution in [-0.2, 0) is 20.9 Å². The van der Waals surface area contributed by atoms with Gasteiger partial charge in [-0.2, -0.15) is 0 Å². The van der Waals surface area contributed by atoms with E-state index in [2.05, 4.69) is 15.5 Å². The van der Waals surface area contributed by atoms with E-state index in [1.54, 1.807) is 36.5 Å². The first kappa shape index (κ1) is 26.0. The normalized spacial score (nSPS) is 18.4. The molecule has 3 amide bonds. The maximum atomic E-state index is 12.8. The number of aromatic hydroxyl groups is 1. The SMILES string of the molecule is O=C1CCC(n2cc3cc(CNC(=O)c4ccc(Cl)c(OCCN5CCOCC5)c4)ccc3c2O)C(=O)N1. The van der Waals surface area contributed by atoms with Gasteiger partial charge in [0, 0.05) is 55.1 Å². The van der Waals surface area contributed by atoms with Crippen molar-refractivity contribution in [2.24, 2.45) is 0 Å². The topological polar surface area (TPSA) is 122 Å². The van der Waals surface area contributed by atoms with E-state index < -0.39 is 11.9 Å². The van der Waals surface area contributed by atoms with Crippen LogP contribution in [0, 0.1) is 0 Å². The van der Waals surface area contributed by atoms with Gasteiger partial charge < -0.3 is 24.5 Å². The van der Waals surface area contributed by atoms with E-state index in [1.165, 1.54) is 4.57 Å². The Hall–Kier alpha value is -3.60. The summed E-state index contributed by atoms with van der Waals surface area (Å²) in [4.78, 5) is 38.8. The van der Waals surface area contributed by atoms with Gasteiger partial charge in [0.2, 0.25) is 11.8 Å². The van der Waals surface area contributed by atoms with Crippen LogP contribution >= 0.6 is 11.6 Å². The fourth-order valence-corrected chi connectivity index (χ4v) is 4.89. The van der Waals surface area contributed by atoms with Crippen LogP contribution in [0.5, 0.6) is 11.6 Å². The van der Waals surface area contributed by atoms with Crippen molar-refractivity contribution in [2.75, 3.05) is 39.5 Å². The maximum Gasteiger partial charge on any atom is 0.251 e. The standard InChI is InChI=1S/C27H29ClN4O6/c28-21-4-2-18(14-23(21)38-12-9-31-7-10-37-11-8-31)25(34)29-15-17-1-3-20-19(13-17)16-32(27(20)36)22-5-6-24(33)30-26(22)35/h1-4,13-14,16,22,36H,5-12,15H2,(H,29,34)(H,30,33,35). The summed E-state index contributed by atoms with van der Waals surface area (Å²) < 4.78 is 12.7. The predicted molar refractivity (Wildman–Crippen MR) is 140 cm³/mol. The number of hydrogen-bond acceptors (Lipinski definition) is 7. The van der Waals surface area contributed by atoms with Gasteiger partial charge in [0.25, 0.3) is 5.91 Å². The molecule has 11 heteroatoms. The number of carbonyl (C=O) groups excluding carboxylic acids is 3. The van der Waals surface area contributed by atoms with Crippen LogP contribution in [0.1, 0.15) is 34.8 Å². The van der Waals surface area contributed by atoms with E-state index in [-0.39, 0.29) is 30.7 Å². The van der Waals surface area contributed by atoms with Crippen LogP contribution in [0.15, 0.2) is 42.6 Å². The Morgan fingerprint density at radius 1 is 1.18 bits per heavy atom. The van der Waals surface area contributed by atoms with E-state index in [9.17, 15) is 19.5 Å². The van der Waals surface area contributed by atoms with Crippen LogP contribution < -0.4 is 15.4 Å². The van der Waals surface area contributed by atoms with Crippen molar-refractivity contribution >= 4 is 40.1 Å². The molecule has 2 aromatic carbocycles. The molecule has 2 fully saturated rings. The van der Waals surface area contributed by atoms with Gasteiger partial charge in [-0.1, -0.05) is 17.7 Å². The highest BCUT2D eigenvalue weighted by molar-refractivity contribution is 6.32. The molecule has 0 spiro atoms. The molecule has 10 nitrogen and oxygen atoms in total. The smallest absolute Gasteiger partial charge is 0.251 e. The molecule has 200 valence electrons. The molecule has 2 aliphatic heterocycles. The minimum Gasteiger partial charge on any atom is -0.494 e. The highest BCUT2D eigenvalue weighted by atomic mass is 35.5. The second kappa shape index (κ2) is 11.4. The zero-order chi connectivity index (χ0) is 26.6. The highest BCUT2D eigenvalue weighted by Gasteiger charge is 2.30. The Morgan fingerprint density at radius 3 is 2.79 bits per heavy atom. The number of rotatable bonds is 8. The van der Waals surface area contributed by atoms with E-state index >= 15 is 0 Å². The van der Waals surface area contributed by atoms with Crippen molar-refractivity contribution in [1.82, 2.24) is 20.1 Å². The fourth-order valence-electron chi connectivity index (χ4n) is 4.72. The summed E-state index contributed by atoms with van der Waals surface area (Å²) in [6.45, 7) is 4.63. The lowest BCUT2D eigenvalue weighted by molar-refractivity contribution is -0.135. The first-order valence-corrected chi connectivity index (χ1v) is 12.9. The van der Waals surface area contributed by atoms with E-state index in [1.807, 2.05) is 6.07 Å². The van der Waals surface area contributed by atoms with Crippen molar-refractivity contribution in [3.8, 4) is 11.6 Å². The summed E-state index contributed by atoms with van der Waals surface area (Å²) in [5.74, 6) is -0.597. The Labute approximate surface area is 224 Å². The lowest BCUT2D eigenvalue weighted by Crippen LogP contribution is -2.41. The lowest BCUT2D eigenvalue weighted by atomic mass is 10.1. The van der Waals surface area contributed by atoms with Crippen molar-refractivity contribution in [2.45, 2.75) is 25.4 Å². The largest absolute Gasteiger partial charge is 0.494 e. The molecule has 3 aromatic rings. The van der Waals surface area contributed by atoms with E-state index in [4.69, 9.17) is 21.1 Å². The molecule has 38 heavy (non-hydrogen) atoms. The van der Waals surface area contributed by atoms with Gasteiger partial charge >= 0.3 is 0 Å². The molecular formula is C27H29ClN4O6. The van der Waals surface area contributed by atoms with Crippen molar-refractivity contribution < 1.29 is 29.0 Å². The second-order valence-electron chi connectivity index (χ2n) is 9.38. The van der Waals surface area contributed by atoms with E-state index in [0.29, 0.717) is 34.7 Å². The average molecular weight is 541 g/mol. The molecule has 1 atom stereocenters. The monoisotopic (exact) mass is 540 g/mol. The summed E-state index contributed by atoms with van der Waals surface area (Å²) in [6.07, 6.45) is 2.23. The van der Waals surface area contributed by atoms with Gasteiger partial charge in [-0.05, 0) is 42.3 Å². The number of aromatic nitrogens is 1. The Bertz CT molecular complexity index is 1370. The Morgan fingerprint density at radius 2 is 2.00 bits per heavy atom. The van der Waals surface area contributed by atoms with Crippen molar-refractivity contribution in [3.63, 3.8) is 0 Å². The Balaban J connectivity index is 1.21. The first-order chi connectivity index (χ1) is 18.4. The number of piperidine rings is 1. The number of hydrogen-bond donors (Lipinski definition) is 3. The molecule has 0 aliphatic carbocycles. The number of morpholine rings is 1. The van der Waals surface area contributed by atoms with Gasteiger partial charge in [-0.15, -0.1) is 0 Å². The molecule has 2 saturated heterocycles. The number of nitrogens with zero attached hydrogens (tertiary/aromatic N) is 2. The third-order valence-corrected chi connectivity index (χ3v) is 7.15. The number of carbonyl (C=O) groups is 3. The number of imide groups is 1. The van der Waals surface area contributed by atoms with Crippen LogP contribution in [0.3, 0.4) is 0 Å². The molecule has 0 bridgehead atoms. The maximum absolute atomic E-state index is 12.8. The molecule has 2 aliphatic rings. The number of nitrogens with one attached hydrogen (secondary N) is 2. The summed E-state index contributed by atoms with van der Waals surface area (Å²) >= 11 is 6.28. The Kier molecular flexibility index (Phi) is 7.82. The average Bonchev–Trinajstić information content (AvgIpc) is 3.24. The fraction of sp³-hybridized carbons (Fsp3) is 0.370. The lowest BCUT2D eigenvalue weighted by Gasteiger charge is -2.26. The summed E-state index contributed by atoms with van der Waals surface area (Å²) in [5.41, 5.74) is 1.25. The zero-order valence-corrected chi connectivity index (χ0v) is 21.5. The number of benzene rings is 2. The quantitative estimate of drug-likeness (QED) is 0.375. The number of halogens is 1. The van der Waals surface area contributed by atoms with Crippen LogP contribution in [-0.4, -0.2) is 71.7 Å². The number of amides is 3. The zero-order valence-electron chi connectivity index (χ0n) is 20.7. The molecule has 3 N–H and O–H groups in total. The minimum atomic E-state index is -0.654. The molecule has 0 saturated carbocycles. The van der Waals surface area contributed by atoms with Gasteiger partial charge in [0.1, 0.15) is 18.4 Å². The van der Waals surface area contributed by atoms with Gasteiger partial charge in [-0.3, -0.25) is 24.6 Å². The molecule has 0 radical (unpaired) electrons. The minimum absolute atomic E-state index is 0.0348. The van der Waals surface area contributed by atoms with Crippen LogP contribution in [0.25, 0.3) is 10.8 Å². The third kappa shape index (κ3) is 5.77. The van der Waals surface area contributed by atoms with Crippen LogP contribution in [0.2, 0.25) is 5.02 Å². The van der Waals surface area contributed by atoms with Crippen molar-refractivity contribution in [1.29, 1.82) is 0 Å². The molecule has 1 aromatic heterocycles. The highest BCUT2D eigenvalue weighted by Crippen LogP contribution is 2.33. The summed E-state index contributed by atoms with van der Waals surface area (Å²) in [6, 6.07) is 9.67. The van der Waals surface area contributed by atoms with Gasteiger partial charge in [-0.25, -0.2) is 0 Å². The van der Waals surface area contributed by atoms with Gasteiger partial charge in [0.15, 0.2) is 5.88 Å². The molecule has 3 heterocycles. The predicted octanol–water partition coefficient (Wildman–Crippen LogP) is 2.62. The van der Waals surface area contributed by atoms with E-state index in [0.717, 1.165) is 43.8 Å². The molecule has 5 rings (SSSR count). The molecule has 1 unspecified atom stereocenters. The van der Waals surface area contributed by atoms with Crippen LogP contribution in [0.4, 0.5) is 0 Å².